The molecule has 0 atom stereocenters. The summed E-state index contributed by atoms with van der Waals surface area (Å²) in [7, 11) is -3.48. The van der Waals surface area contributed by atoms with Crippen LogP contribution in [0.4, 0.5) is 17.3 Å². The van der Waals surface area contributed by atoms with Crippen molar-refractivity contribution in [3.05, 3.63) is 42.5 Å². The van der Waals surface area contributed by atoms with Crippen molar-refractivity contribution >= 4 is 33.3 Å². The molecule has 202 valence electrons. The molecule has 0 radical (unpaired) electrons. The highest BCUT2D eigenvalue weighted by Crippen LogP contribution is 2.32. The molecule has 2 aliphatic rings. The molecule has 12 nitrogen and oxygen atoms in total. The molecule has 0 unspecified atom stereocenters. The monoisotopic (exact) mass is 540 g/mol. The molecule has 3 N–H and O–H groups in total. The number of aliphatic hydroxyl groups is 1. The van der Waals surface area contributed by atoms with Gasteiger partial charge in [0.25, 0.3) is 15.9 Å². The number of nitrogens with zero attached hydrogens (tertiary/aromatic N) is 6. The lowest BCUT2D eigenvalue weighted by atomic mass is 9.84. The molecule has 1 saturated carbocycles. The fraction of sp³-hybridized carbons (Fsp3) is 0.480. The number of carbonyl (C=O) groups is 1. The second-order valence-corrected chi connectivity index (χ2v) is 12.8. The molecule has 1 amide bonds. The molecule has 5 rings (SSSR count). The standard InChI is InChI=1S/C25H32N8O4S/c1-15(2)29-20-9-22(27-11-19(20)24(34)32-13-17(14-32)25(3,4)35)30-21-7-8-26-23(31-21)16-10-28-33(12-16)38(36,37)18-5-6-18/h7-12,15,17-18,35H,5-6,13-14H2,1-4H3,(H2,26,27,29,30,31). The summed E-state index contributed by atoms with van der Waals surface area (Å²) < 4.78 is 25.9. The van der Waals surface area contributed by atoms with Gasteiger partial charge in [-0.25, -0.2) is 23.4 Å². The van der Waals surface area contributed by atoms with Gasteiger partial charge in [0.1, 0.15) is 11.6 Å². The minimum absolute atomic E-state index is 0.0368. The summed E-state index contributed by atoms with van der Waals surface area (Å²) in [5.41, 5.74) is 0.733. The van der Waals surface area contributed by atoms with Crippen LogP contribution in [-0.4, -0.2) is 78.5 Å². The van der Waals surface area contributed by atoms with Crippen LogP contribution in [0.2, 0.25) is 0 Å². The van der Waals surface area contributed by atoms with Crippen LogP contribution in [0.25, 0.3) is 11.4 Å². The van der Waals surface area contributed by atoms with Crippen molar-refractivity contribution < 1.29 is 18.3 Å². The third-order valence-corrected chi connectivity index (χ3v) is 8.72. The second-order valence-electron chi connectivity index (χ2n) is 10.7. The van der Waals surface area contributed by atoms with E-state index in [4.69, 9.17) is 0 Å². The highest BCUT2D eigenvalue weighted by molar-refractivity contribution is 7.90. The summed E-state index contributed by atoms with van der Waals surface area (Å²) in [5, 5.41) is 20.3. The van der Waals surface area contributed by atoms with Crippen molar-refractivity contribution in [2.45, 2.75) is 57.4 Å². The number of aromatic nitrogens is 5. The van der Waals surface area contributed by atoms with Crippen molar-refractivity contribution in [2.24, 2.45) is 5.92 Å². The van der Waals surface area contributed by atoms with E-state index in [-0.39, 0.29) is 23.1 Å². The summed E-state index contributed by atoms with van der Waals surface area (Å²) in [6.45, 7) is 8.46. The van der Waals surface area contributed by atoms with Crippen LogP contribution in [0.3, 0.4) is 0 Å². The first-order chi connectivity index (χ1) is 17.9. The Labute approximate surface area is 221 Å². The van der Waals surface area contributed by atoms with Gasteiger partial charge in [0.15, 0.2) is 5.82 Å². The molecule has 3 aromatic rings. The number of carbonyl (C=O) groups excluding carboxylic acids is 1. The van der Waals surface area contributed by atoms with Crippen LogP contribution in [0, 0.1) is 5.92 Å². The van der Waals surface area contributed by atoms with Gasteiger partial charge in [-0.2, -0.15) is 9.19 Å². The Hall–Kier alpha value is -3.58. The molecule has 1 aliphatic heterocycles. The molecule has 38 heavy (non-hydrogen) atoms. The first-order valence-electron chi connectivity index (χ1n) is 12.6. The molecule has 0 aromatic carbocycles. The Morgan fingerprint density at radius 1 is 1.16 bits per heavy atom. The van der Waals surface area contributed by atoms with E-state index >= 15 is 0 Å². The van der Waals surface area contributed by atoms with Crippen LogP contribution < -0.4 is 10.6 Å². The zero-order valence-corrected chi connectivity index (χ0v) is 22.6. The minimum Gasteiger partial charge on any atom is -0.390 e. The number of rotatable bonds is 9. The molecule has 2 fully saturated rings. The van der Waals surface area contributed by atoms with Crippen LogP contribution in [0.1, 0.15) is 50.9 Å². The van der Waals surface area contributed by atoms with Gasteiger partial charge >= 0.3 is 0 Å². The van der Waals surface area contributed by atoms with Gasteiger partial charge in [0, 0.05) is 43.5 Å². The fourth-order valence-electron chi connectivity index (χ4n) is 4.16. The first kappa shape index (κ1) is 26.0. The van der Waals surface area contributed by atoms with E-state index in [1.807, 2.05) is 13.8 Å². The zero-order chi connectivity index (χ0) is 27.2. The van der Waals surface area contributed by atoms with E-state index in [0.717, 1.165) is 4.09 Å². The summed E-state index contributed by atoms with van der Waals surface area (Å²) in [4.78, 5) is 28.1. The first-order valence-corrected chi connectivity index (χ1v) is 14.1. The third kappa shape index (κ3) is 5.34. The van der Waals surface area contributed by atoms with Crippen molar-refractivity contribution in [2.75, 3.05) is 23.7 Å². The Morgan fingerprint density at radius 3 is 2.55 bits per heavy atom. The lowest BCUT2D eigenvalue weighted by molar-refractivity contribution is -0.0506. The van der Waals surface area contributed by atoms with Gasteiger partial charge in [-0.3, -0.25) is 4.79 Å². The number of amides is 1. The van der Waals surface area contributed by atoms with E-state index in [2.05, 4.69) is 30.7 Å². The SMILES string of the molecule is CC(C)Nc1cc(Nc2ccnc(-c3cnn(S(=O)(=O)C4CC4)c3)n2)ncc1C(=O)N1CC(C(C)(C)O)C1. The quantitative estimate of drug-likeness (QED) is 0.369. The maximum Gasteiger partial charge on any atom is 0.257 e. The number of hydrogen-bond donors (Lipinski definition) is 3. The molecule has 3 aromatic heterocycles. The normalized spacial score (nSPS) is 16.4. The highest BCUT2D eigenvalue weighted by Gasteiger charge is 2.40. The predicted octanol–water partition coefficient (Wildman–Crippen LogP) is 2.48. The molecule has 0 spiro atoms. The lowest BCUT2D eigenvalue weighted by Gasteiger charge is -2.45. The highest BCUT2D eigenvalue weighted by atomic mass is 32.2. The Bertz CT molecular complexity index is 1450. The minimum atomic E-state index is -3.48. The number of nitrogens with one attached hydrogen (secondary N) is 2. The van der Waals surface area contributed by atoms with Crippen molar-refractivity contribution in [3.8, 4) is 11.4 Å². The Balaban J connectivity index is 1.34. The number of likely N-dealkylation sites (tertiary alicyclic amines) is 1. The third-order valence-electron chi connectivity index (χ3n) is 6.68. The molecule has 1 aliphatic carbocycles. The number of anilines is 3. The Morgan fingerprint density at radius 2 is 1.89 bits per heavy atom. The second kappa shape index (κ2) is 9.62. The maximum atomic E-state index is 13.2. The van der Waals surface area contributed by atoms with Gasteiger partial charge in [-0.1, -0.05) is 0 Å². The lowest BCUT2D eigenvalue weighted by Crippen LogP contribution is -2.57. The van der Waals surface area contributed by atoms with Gasteiger partial charge in [0.05, 0.1) is 40.1 Å². The van der Waals surface area contributed by atoms with Gasteiger partial charge < -0.3 is 20.6 Å². The largest absolute Gasteiger partial charge is 0.390 e. The van der Waals surface area contributed by atoms with Gasteiger partial charge in [-0.05, 0) is 46.6 Å². The fourth-order valence-corrected chi connectivity index (χ4v) is 5.64. The van der Waals surface area contributed by atoms with E-state index in [1.165, 1.54) is 18.6 Å². The smallest absolute Gasteiger partial charge is 0.257 e. The average molecular weight is 541 g/mol. The van der Waals surface area contributed by atoms with Gasteiger partial charge in [-0.15, -0.1) is 0 Å². The average Bonchev–Trinajstić information content (AvgIpc) is 3.54. The van der Waals surface area contributed by atoms with Gasteiger partial charge in [0.2, 0.25) is 0 Å². The number of pyridine rings is 1. The van der Waals surface area contributed by atoms with E-state index in [0.29, 0.717) is 60.2 Å². The molecule has 1 saturated heterocycles. The van der Waals surface area contributed by atoms with Crippen molar-refractivity contribution in [3.63, 3.8) is 0 Å². The summed E-state index contributed by atoms with van der Waals surface area (Å²) in [5.74, 6) is 1.13. The molecule has 0 bridgehead atoms. The Kier molecular flexibility index (Phi) is 6.59. The predicted molar refractivity (Wildman–Crippen MR) is 143 cm³/mol. The number of hydrogen-bond acceptors (Lipinski definition) is 10. The maximum absolute atomic E-state index is 13.2. The van der Waals surface area contributed by atoms with E-state index < -0.39 is 15.6 Å². The molecular weight excluding hydrogens is 508 g/mol. The summed E-state index contributed by atoms with van der Waals surface area (Å²) >= 11 is 0. The summed E-state index contributed by atoms with van der Waals surface area (Å²) in [6, 6.07) is 3.50. The topological polar surface area (TPSA) is 155 Å². The van der Waals surface area contributed by atoms with Crippen LogP contribution in [0.5, 0.6) is 0 Å². The zero-order valence-electron chi connectivity index (χ0n) is 21.8. The summed E-state index contributed by atoms with van der Waals surface area (Å²) in [6.07, 6.45) is 7.25. The van der Waals surface area contributed by atoms with E-state index in [1.54, 1.807) is 37.1 Å². The van der Waals surface area contributed by atoms with Crippen molar-refractivity contribution in [1.29, 1.82) is 0 Å². The van der Waals surface area contributed by atoms with Crippen LogP contribution in [-0.2, 0) is 10.0 Å². The molecule has 4 heterocycles. The van der Waals surface area contributed by atoms with E-state index in [9.17, 15) is 18.3 Å². The van der Waals surface area contributed by atoms with Crippen molar-refractivity contribution in [1.82, 2.24) is 29.0 Å². The molecular formula is C25H32N8O4S. The van der Waals surface area contributed by atoms with Crippen LogP contribution in [0.15, 0.2) is 36.9 Å². The van der Waals surface area contributed by atoms with Crippen LogP contribution >= 0.6 is 0 Å². The molecule has 13 heteroatoms.